The number of benzene rings is 1. The summed E-state index contributed by atoms with van der Waals surface area (Å²) in [5.41, 5.74) is -0.477. The first-order valence-corrected chi connectivity index (χ1v) is 5.25. The maximum Gasteiger partial charge on any atom is 0.314 e. The Hall–Kier alpha value is -1.55. The number of carbonyl (C=O) groups is 1. The minimum absolute atomic E-state index is 0.0551. The zero-order valence-electron chi connectivity index (χ0n) is 8.76. The van der Waals surface area contributed by atoms with Gasteiger partial charge in [0.05, 0.1) is 11.5 Å². The number of aliphatic hydroxyl groups excluding tert-OH is 1. The molecular formula is C12H14O4. The Morgan fingerprint density at radius 3 is 2.69 bits per heavy atom. The molecule has 1 aromatic carbocycles. The van der Waals surface area contributed by atoms with E-state index in [9.17, 15) is 20.1 Å². The predicted octanol–water partition coefficient (Wildman–Crippen LogP) is 1.26. The first-order chi connectivity index (χ1) is 7.54. The molecule has 1 aliphatic carbocycles. The molecule has 86 valence electrons. The molecule has 1 aromatic rings. The Balaban J connectivity index is 2.45. The molecule has 0 aliphatic heterocycles. The van der Waals surface area contributed by atoms with Gasteiger partial charge in [0.1, 0.15) is 5.75 Å². The van der Waals surface area contributed by atoms with Gasteiger partial charge in [-0.25, -0.2) is 0 Å². The molecule has 0 saturated heterocycles. The zero-order valence-corrected chi connectivity index (χ0v) is 8.76. The minimum atomic E-state index is -1.04. The first kappa shape index (κ1) is 11.0. The second-order valence-electron chi connectivity index (χ2n) is 4.33. The molecule has 2 rings (SSSR count). The fourth-order valence-electron chi connectivity index (χ4n) is 2.40. The lowest BCUT2D eigenvalue weighted by Crippen LogP contribution is -2.33. The molecule has 4 heteroatoms. The summed E-state index contributed by atoms with van der Waals surface area (Å²) in [7, 11) is 0. The molecule has 16 heavy (non-hydrogen) atoms. The number of carboxylic acids is 1. The van der Waals surface area contributed by atoms with Crippen molar-refractivity contribution in [2.75, 3.05) is 0 Å². The summed E-state index contributed by atoms with van der Waals surface area (Å²) in [6.07, 6.45) is 0.541. The molecule has 0 radical (unpaired) electrons. The van der Waals surface area contributed by atoms with Gasteiger partial charge in [0.25, 0.3) is 0 Å². The van der Waals surface area contributed by atoms with Crippen molar-refractivity contribution in [1.29, 1.82) is 0 Å². The normalized spacial score (nSPS) is 29.2. The zero-order chi connectivity index (χ0) is 11.8. The van der Waals surface area contributed by atoms with E-state index in [4.69, 9.17) is 0 Å². The molecule has 0 amide bonds. The predicted molar refractivity (Wildman–Crippen MR) is 57.3 cm³/mol. The van der Waals surface area contributed by atoms with Crippen LogP contribution in [-0.4, -0.2) is 27.4 Å². The third kappa shape index (κ3) is 1.65. The van der Waals surface area contributed by atoms with Gasteiger partial charge in [-0.1, -0.05) is 12.1 Å². The molecule has 0 aromatic heterocycles. The molecule has 0 spiro atoms. The SMILES string of the molecule is O=C(O)C1(c2cccc(O)c2)CCC(O)C1. The molecule has 1 fully saturated rings. The van der Waals surface area contributed by atoms with E-state index in [2.05, 4.69) is 0 Å². The molecule has 2 atom stereocenters. The highest BCUT2D eigenvalue weighted by molar-refractivity contribution is 5.82. The van der Waals surface area contributed by atoms with Crippen molar-refractivity contribution in [1.82, 2.24) is 0 Å². The van der Waals surface area contributed by atoms with Crippen LogP contribution in [0.5, 0.6) is 5.75 Å². The Labute approximate surface area is 93.2 Å². The Bertz CT molecular complexity index is 415. The van der Waals surface area contributed by atoms with E-state index >= 15 is 0 Å². The Morgan fingerprint density at radius 1 is 1.44 bits per heavy atom. The minimum Gasteiger partial charge on any atom is -0.508 e. The lowest BCUT2D eigenvalue weighted by atomic mass is 9.79. The summed E-state index contributed by atoms with van der Waals surface area (Å²) in [5.74, 6) is -0.880. The molecule has 4 nitrogen and oxygen atoms in total. The number of rotatable bonds is 2. The number of hydrogen-bond donors (Lipinski definition) is 3. The number of phenolic OH excluding ortho intramolecular Hbond substituents is 1. The van der Waals surface area contributed by atoms with Crippen molar-refractivity contribution in [3.63, 3.8) is 0 Å². The fourth-order valence-corrected chi connectivity index (χ4v) is 2.40. The smallest absolute Gasteiger partial charge is 0.314 e. The average Bonchev–Trinajstić information content (AvgIpc) is 2.62. The summed E-state index contributed by atoms with van der Waals surface area (Å²) < 4.78 is 0. The number of carboxylic acid groups (broad SMARTS) is 1. The van der Waals surface area contributed by atoms with Crippen LogP contribution in [-0.2, 0) is 10.2 Å². The summed E-state index contributed by atoms with van der Waals surface area (Å²) in [6.45, 7) is 0. The average molecular weight is 222 g/mol. The van der Waals surface area contributed by atoms with Gasteiger partial charge in [0.2, 0.25) is 0 Å². The van der Waals surface area contributed by atoms with Crippen molar-refractivity contribution in [3.8, 4) is 5.75 Å². The lowest BCUT2D eigenvalue weighted by molar-refractivity contribution is -0.144. The van der Waals surface area contributed by atoms with E-state index in [0.717, 1.165) is 0 Å². The van der Waals surface area contributed by atoms with Gasteiger partial charge in [-0.15, -0.1) is 0 Å². The Kier molecular flexibility index (Phi) is 2.59. The van der Waals surface area contributed by atoms with Gasteiger partial charge < -0.3 is 15.3 Å². The summed E-state index contributed by atoms with van der Waals surface area (Å²) in [5, 5.41) is 28.2. The maximum absolute atomic E-state index is 11.4. The van der Waals surface area contributed by atoms with E-state index in [1.54, 1.807) is 12.1 Å². The van der Waals surface area contributed by atoms with Crippen LogP contribution < -0.4 is 0 Å². The monoisotopic (exact) mass is 222 g/mol. The van der Waals surface area contributed by atoms with Crippen molar-refractivity contribution in [3.05, 3.63) is 29.8 Å². The van der Waals surface area contributed by atoms with Gasteiger partial charge in [-0.3, -0.25) is 4.79 Å². The fraction of sp³-hybridized carbons (Fsp3) is 0.417. The van der Waals surface area contributed by atoms with Crippen LogP contribution in [0.2, 0.25) is 0 Å². The summed E-state index contributed by atoms with van der Waals surface area (Å²) >= 11 is 0. The number of aliphatic carboxylic acids is 1. The number of hydrogen-bond acceptors (Lipinski definition) is 3. The largest absolute Gasteiger partial charge is 0.508 e. The molecular weight excluding hydrogens is 208 g/mol. The third-order valence-corrected chi connectivity index (χ3v) is 3.30. The van der Waals surface area contributed by atoms with Crippen molar-refractivity contribution in [2.24, 2.45) is 0 Å². The number of aliphatic hydroxyl groups is 1. The molecule has 1 saturated carbocycles. The molecule has 1 aliphatic rings. The lowest BCUT2D eigenvalue weighted by Gasteiger charge is -2.24. The van der Waals surface area contributed by atoms with E-state index in [-0.39, 0.29) is 12.2 Å². The first-order valence-electron chi connectivity index (χ1n) is 5.25. The van der Waals surface area contributed by atoms with Crippen molar-refractivity contribution >= 4 is 5.97 Å². The van der Waals surface area contributed by atoms with Crippen LogP contribution in [0.15, 0.2) is 24.3 Å². The van der Waals surface area contributed by atoms with Gasteiger partial charge in [-0.05, 0) is 37.0 Å². The third-order valence-electron chi connectivity index (χ3n) is 3.30. The second kappa shape index (κ2) is 3.79. The number of aromatic hydroxyl groups is 1. The van der Waals surface area contributed by atoms with Gasteiger partial charge in [0, 0.05) is 0 Å². The van der Waals surface area contributed by atoms with Crippen molar-refractivity contribution < 1.29 is 20.1 Å². The molecule has 3 N–H and O–H groups in total. The summed E-state index contributed by atoms with van der Waals surface area (Å²) in [4.78, 5) is 11.4. The van der Waals surface area contributed by atoms with E-state index in [0.29, 0.717) is 18.4 Å². The van der Waals surface area contributed by atoms with Crippen LogP contribution in [0.4, 0.5) is 0 Å². The molecule has 0 heterocycles. The van der Waals surface area contributed by atoms with Gasteiger partial charge in [-0.2, -0.15) is 0 Å². The Morgan fingerprint density at radius 2 is 2.19 bits per heavy atom. The second-order valence-corrected chi connectivity index (χ2v) is 4.33. The van der Waals surface area contributed by atoms with Gasteiger partial charge >= 0.3 is 5.97 Å². The van der Waals surface area contributed by atoms with Crippen LogP contribution in [0, 0.1) is 0 Å². The van der Waals surface area contributed by atoms with Crippen molar-refractivity contribution in [2.45, 2.75) is 30.8 Å². The van der Waals surface area contributed by atoms with Gasteiger partial charge in [0.15, 0.2) is 0 Å². The highest BCUT2D eigenvalue weighted by Crippen LogP contribution is 2.42. The highest BCUT2D eigenvalue weighted by atomic mass is 16.4. The van der Waals surface area contributed by atoms with Crippen LogP contribution in [0.3, 0.4) is 0 Å². The van der Waals surface area contributed by atoms with E-state index in [1.807, 2.05) is 0 Å². The number of phenols is 1. The summed E-state index contributed by atoms with van der Waals surface area (Å²) in [6, 6.07) is 6.28. The molecule has 2 unspecified atom stereocenters. The van der Waals surface area contributed by atoms with Crippen LogP contribution in [0.25, 0.3) is 0 Å². The topological polar surface area (TPSA) is 77.8 Å². The van der Waals surface area contributed by atoms with E-state index < -0.39 is 17.5 Å². The van der Waals surface area contributed by atoms with E-state index in [1.165, 1.54) is 12.1 Å². The quantitative estimate of drug-likeness (QED) is 0.704. The van der Waals surface area contributed by atoms with Crippen LogP contribution >= 0.6 is 0 Å². The standard InChI is InChI=1S/C12H14O4/c13-9-3-1-2-8(6-9)12(11(15)16)5-4-10(14)7-12/h1-3,6,10,13-14H,4-5,7H2,(H,15,16). The van der Waals surface area contributed by atoms with Crippen LogP contribution in [0.1, 0.15) is 24.8 Å². The molecule has 0 bridgehead atoms. The maximum atomic E-state index is 11.4. The highest BCUT2D eigenvalue weighted by Gasteiger charge is 2.46.